The second-order valence-electron chi connectivity index (χ2n) is 2.45. The van der Waals surface area contributed by atoms with Crippen LogP contribution in [0.25, 0.3) is 0 Å². The molecule has 10 heteroatoms. The molecule has 1 rings (SSSR count). The molecule has 0 spiro atoms. The molecular weight excluding hydrogens is 200 g/mol. The lowest BCUT2D eigenvalue weighted by Crippen LogP contribution is -2.38. The van der Waals surface area contributed by atoms with Gasteiger partial charge in [-0.25, -0.2) is 9.98 Å². The predicted molar refractivity (Wildman–Crippen MR) is 57.6 cm³/mol. The summed E-state index contributed by atoms with van der Waals surface area (Å²) < 4.78 is 0. The number of amidine groups is 2. The third kappa shape index (κ3) is 3.38. The second-order valence-corrected chi connectivity index (χ2v) is 2.45. The fraction of sp³-hybridized carbons (Fsp3) is 0.200. The number of hydrogen-bond acceptors (Lipinski definition) is 6. The Labute approximate surface area is 85.2 Å². The Morgan fingerprint density at radius 3 is 1.67 bits per heavy atom. The predicted octanol–water partition coefficient (Wildman–Crippen LogP) is -3.69. The van der Waals surface area contributed by atoms with Crippen molar-refractivity contribution in [2.24, 2.45) is 43.1 Å². The van der Waals surface area contributed by atoms with Crippen molar-refractivity contribution in [1.29, 1.82) is 0 Å². The Kier molecular flexibility index (Phi) is 3.27. The minimum Gasteiger partial charge on any atom is -0.369 e. The summed E-state index contributed by atoms with van der Waals surface area (Å²) in [6.07, 6.45) is 0. The van der Waals surface area contributed by atoms with Crippen molar-refractivity contribution in [2.75, 3.05) is 6.67 Å². The molecule has 1 aliphatic heterocycles. The van der Waals surface area contributed by atoms with Gasteiger partial charge >= 0.3 is 0 Å². The minimum absolute atomic E-state index is 0.120. The quantitative estimate of drug-likeness (QED) is 0.156. The number of nitrogens with zero attached hydrogens (tertiary/aromatic N) is 4. The van der Waals surface area contributed by atoms with Gasteiger partial charge in [-0.05, 0) is 0 Å². The highest BCUT2D eigenvalue weighted by Gasteiger charge is 2.12. The van der Waals surface area contributed by atoms with Crippen molar-refractivity contribution in [3.8, 4) is 0 Å². The number of aliphatic imine (C=N–C) groups is 2. The molecule has 0 saturated heterocycles. The van der Waals surface area contributed by atoms with Crippen LogP contribution in [0.4, 0.5) is 0 Å². The van der Waals surface area contributed by atoms with Crippen molar-refractivity contribution >= 4 is 23.6 Å². The van der Waals surface area contributed by atoms with Crippen molar-refractivity contribution in [3.63, 3.8) is 0 Å². The number of hydrazone groups is 2. The van der Waals surface area contributed by atoms with Gasteiger partial charge in [-0.1, -0.05) is 0 Å². The van der Waals surface area contributed by atoms with Crippen molar-refractivity contribution in [1.82, 2.24) is 10.9 Å². The molecule has 0 saturated carbocycles. The number of guanidine groups is 2. The highest BCUT2D eigenvalue weighted by atomic mass is 15.4. The van der Waals surface area contributed by atoms with Gasteiger partial charge in [0.1, 0.15) is 6.67 Å². The first-order valence-corrected chi connectivity index (χ1v) is 3.88. The zero-order valence-corrected chi connectivity index (χ0v) is 7.81. The number of rotatable bonds is 2. The molecular formula is C5H12N10. The Morgan fingerprint density at radius 1 is 0.933 bits per heavy atom. The van der Waals surface area contributed by atoms with Crippen molar-refractivity contribution < 1.29 is 0 Å². The zero-order valence-electron chi connectivity index (χ0n) is 7.81. The zero-order chi connectivity index (χ0) is 11.3. The largest absolute Gasteiger partial charge is 0.369 e. The molecule has 0 unspecified atom stereocenters. The summed E-state index contributed by atoms with van der Waals surface area (Å²) in [6.45, 7) is 0.255. The van der Waals surface area contributed by atoms with Crippen molar-refractivity contribution in [2.45, 2.75) is 0 Å². The van der Waals surface area contributed by atoms with E-state index in [0.29, 0.717) is 11.7 Å². The SMILES string of the molecule is NC(N)=NNC1=NCN=C1NN=C(N)N. The van der Waals surface area contributed by atoms with Crippen molar-refractivity contribution in [3.05, 3.63) is 0 Å². The van der Waals surface area contributed by atoms with E-state index in [1.165, 1.54) is 0 Å². The summed E-state index contributed by atoms with van der Waals surface area (Å²) >= 11 is 0. The number of nitrogens with one attached hydrogen (secondary N) is 2. The summed E-state index contributed by atoms with van der Waals surface area (Å²) in [7, 11) is 0. The monoisotopic (exact) mass is 212 g/mol. The van der Waals surface area contributed by atoms with Crippen LogP contribution in [0, 0.1) is 0 Å². The van der Waals surface area contributed by atoms with Crippen LogP contribution in [0.15, 0.2) is 20.2 Å². The van der Waals surface area contributed by atoms with E-state index >= 15 is 0 Å². The van der Waals surface area contributed by atoms with Crippen LogP contribution < -0.4 is 33.8 Å². The first-order chi connectivity index (χ1) is 7.09. The molecule has 0 aromatic rings. The van der Waals surface area contributed by atoms with E-state index in [2.05, 4.69) is 31.0 Å². The lowest BCUT2D eigenvalue weighted by molar-refractivity contribution is 0.989. The fourth-order valence-corrected chi connectivity index (χ4v) is 0.738. The third-order valence-electron chi connectivity index (χ3n) is 1.26. The van der Waals surface area contributed by atoms with Gasteiger partial charge in [0.2, 0.25) is 11.9 Å². The Bertz CT molecular complexity index is 307. The van der Waals surface area contributed by atoms with E-state index in [1.54, 1.807) is 0 Å². The van der Waals surface area contributed by atoms with E-state index in [9.17, 15) is 0 Å². The Morgan fingerprint density at radius 2 is 1.33 bits per heavy atom. The standard InChI is InChI=1S/C5H12N10/c6-4(7)14-12-2-3(11-1-10-2)13-15-5(8)9/h1H2,(H,10,12)(H,11,13)(H4,6,7,14)(H4,8,9,15). The van der Waals surface area contributed by atoms with Gasteiger partial charge in [0.25, 0.3) is 0 Å². The molecule has 0 fully saturated rings. The third-order valence-corrected chi connectivity index (χ3v) is 1.26. The topological polar surface area (TPSA) is 178 Å². The average molecular weight is 212 g/mol. The maximum absolute atomic E-state index is 5.12. The van der Waals surface area contributed by atoms with Crippen LogP contribution in [0.5, 0.6) is 0 Å². The van der Waals surface area contributed by atoms with Gasteiger partial charge in [0.05, 0.1) is 0 Å². The van der Waals surface area contributed by atoms with Gasteiger partial charge in [-0.3, -0.25) is 10.9 Å². The molecule has 10 N–H and O–H groups in total. The van der Waals surface area contributed by atoms with Gasteiger partial charge < -0.3 is 22.9 Å². The lowest BCUT2D eigenvalue weighted by Gasteiger charge is -2.03. The minimum atomic E-state index is -0.120. The summed E-state index contributed by atoms with van der Waals surface area (Å²) in [4.78, 5) is 7.87. The van der Waals surface area contributed by atoms with Crippen LogP contribution in [-0.2, 0) is 0 Å². The molecule has 0 radical (unpaired) electrons. The Hall–Kier alpha value is -2.52. The summed E-state index contributed by atoms with van der Waals surface area (Å²) in [5, 5.41) is 7.09. The molecule has 0 atom stereocenters. The number of nitrogens with two attached hydrogens (primary N) is 4. The second kappa shape index (κ2) is 4.64. The first-order valence-electron chi connectivity index (χ1n) is 3.88. The van der Waals surface area contributed by atoms with E-state index in [-0.39, 0.29) is 18.6 Å². The normalized spacial score (nSPS) is 13.6. The van der Waals surface area contributed by atoms with E-state index in [0.717, 1.165) is 0 Å². The summed E-state index contributed by atoms with van der Waals surface area (Å²) in [5.41, 5.74) is 25.5. The maximum atomic E-state index is 5.12. The molecule has 1 heterocycles. The van der Waals surface area contributed by atoms with Crippen LogP contribution in [0.1, 0.15) is 0 Å². The highest BCUT2D eigenvalue weighted by molar-refractivity contribution is 6.41. The van der Waals surface area contributed by atoms with Gasteiger partial charge in [0.15, 0.2) is 11.7 Å². The van der Waals surface area contributed by atoms with Gasteiger partial charge in [0, 0.05) is 0 Å². The number of hydrogen-bond donors (Lipinski definition) is 6. The van der Waals surface area contributed by atoms with Crippen LogP contribution in [0.3, 0.4) is 0 Å². The molecule has 0 aromatic heterocycles. The van der Waals surface area contributed by atoms with Gasteiger partial charge in [-0.15, -0.1) is 10.2 Å². The van der Waals surface area contributed by atoms with E-state index < -0.39 is 0 Å². The molecule has 0 amide bonds. The maximum Gasteiger partial charge on any atom is 0.208 e. The van der Waals surface area contributed by atoms with Crippen LogP contribution in [0.2, 0.25) is 0 Å². The molecule has 82 valence electrons. The summed E-state index contributed by atoms with van der Waals surface area (Å²) in [5.74, 6) is 0.471. The average Bonchev–Trinajstić information content (AvgIpc) is 2.58. The molecule has 0 bridgehead atoms. The first kappa shape index (κ1) is 10.6. The van der Waals surface area contributed by atoms with Crippen LogP contribution in [-0.4, -0.2) is 30.3 Å². The molecule has 10 nitrogen and oxygen atoms in total. The Balaban J connectivity index is 2.56. The molecule has 0 aliphatic carbocycles. The molecule has 15 heavy (non-hydrogen) atoms. The van der Waals surface area contributed by atoms with E-state index in [1.807, 2.05) is 0 Å². The summed E-state index contributed by atoms with van der Waals surface area (Å²) in [6, 6.07) is 0. The molecule has 1 aliphatic rings. The highest BCUT2D eigenvalue weighted by Crippen LogP contribution is 1.91. The van der Waals surface area contributed by atoms with E-state index in [4.69, 9.17) is 22.9 Å². The fourth-order valence-electron chi connectivity index (χ4n) is 0.738. The van der Waals surface area contributed by atoms with Crippen LogP contribution >= 0.6 is 0 Å². The lowest BCUT2D eigenvalue weighted by atomic mass is 10.5. The van der Waals surface area contributed by atoms with Gasteiger partial charge in [-0.2, -0.15) is 0 Å². The molecule has 0 aromatic carbocycles. The smallest absolute Gasteiger partial charge is 0.208 e.